The van der Waals surface area contributed by atoms with Crippen molar-refractivity contribution in [2.45, 2.75) is 31.6 Å². The van der Waals surface area contributed by atoms with Crippen molar-refractivity contribution in [2.24, 2.45) is 13.0 Å². The van der Waals surface area contributed by atoms with Crippen LogP contribution < -0.4 is 10.6 Å². The fourth-order valence-corrected chi connectivity index (χ4v) is 2.53. The lowest BCUT2D eigenvalue weighted by Crippen LogP contribution is -2.18. The molecule has 8 heteroatoms. The van der Waals surface area contributed by atoms with Crippen molar-refractivity contribution in [1.82, 2.24) is 19.7 Å². The van der Waals surface area contributed by atoms with Crippen molar-refractivity contribution >= 4 is 23.6 Å². The maximum absolute atomic E-state index is 12.4. The van der Waals surface area contributed by atoms with Gasteiger partial charge in [0.2, 0.25) is 11.9 Å². The van der Waals surface area contributed by atoms with Crippen molar-refractivity contribution in [1.29, 1.82) is 0 Å². The molecule has 0 aromatic carbocycles. The molecule has 8 nitrogen and oxygen atoms in total. The summed E-state index contributed by atoms with van der Waals surface area (Å²) in [6.07, 6.45) is 5.58. The fraction of sp³-hybridized carbons (Fsp3) is 0.438. The zero-order chi connectivity index (χ0) is 16.7. The first-order valence-corrected chi connectivity index (χ1v) is 8.09. The Labute approximate surface area is 138 Å². The van der Waals surface area contributed by atoms with Gasteiger partial charge < -0.3 is 5.32 Å². The summed E-state index contributed by atoms with van der Waals surface area (Å²) in [6, 6.07) is 3.16. The van der Waals surface area contributed by atoms with E-state index in [2.05, 4.69) is 25.8 Å². The van der Waals surface area contributed by atoms with Crippen LogP contribution in [0.25, 0.3) is 0 Å². The van der Waals surface area contributed by atoms with Gasteiger partial charge in [0.05, 0.1) is 0 Å². The van der Waals surface area contributed by atoms with E-state index in [0.29, 0.717) is 23.2 Å². The van der Waals surface area contributed by atoms with Crippen LogP contribution in [0.1, 0.15) is 47.8 Å². The second kappa shape index (κ2) is 5.70. The van der Waals surface area contributed by atoms with E-state index >= 15 is 0 Å². The van der Waals surface area contributed by atoms with Gasteiger partial charge in [-0.15, -0.1) is 10.2 Å². The van der Waals surface area contributed by atoms with Crippen LogP contribution in [0.3, 0.4) is 0 Å². The molecule has 2 aliphatic carbocycles. The average molecular weight is 326 g/mol. The van der Waals surface area contributed by atoms with E-state index in [1.54, 1.807) is 12.1 Å². The van der Waals surface area contributed by atoms with E-state index in [4.69, 9.17) is 0 Å². The van der Waals surface area contributed by atoms with E-state index in [0.717, 1.165) is 31.5 Å². The third-order valence-electron chi connectivity index (χ3n) is 4.30. The third-order valence-corrected chi connectivity index (χ3v) is 4.30. The SMILES string of the molecule is Cn1c(NC(=O)c2ccnc(NC(=O)C3CC3)c2)nnc1C1CC1. The fourth-order valence-electron chi connectivity index (χ4n) is 2.53. The number of carbonyl (C=O) groups excluding carboxylic acids is 2. The maximum Gasteiger partial charge on any atom is 0.258 e. The Kier molecular flexibility index (Phi) is 3.51. The van der Waals surface area contributed by atoms with Crippen molar-refractivity contribution in [3.63, 3.8) is 0 Å². The van der Waals surface area contributed by atoms with E-state index in [1.807, 2.05) is 11.6 Å². The highest BCUT2D eigenvalue weighted by molar-refractivity contribution is 6.04. The van der Waals surface area contributed by atoms with E-state index < -0.39 is 0 Å². The van der Waals surface area contributed by atoms with Crippen LogP contribution in [0.5, 0.6) is 0 Å². The number of hydrogen-bond acceptors (Lipinski definition) is 5. The van der Waals surface area contributed by atoms with Gasteiger partial charge >= 0.3 is 0 Å². The predicted molar refractivity (Wildman–Crippen MR) is 86.5 cm³/mol. The van der Waals surface area contributed by atoms with Crippen molar-refractivity contribution in [3.05, 3.63) is 29.7 Å². The second-order valence-electron chi connectivity index (χ2n) is 6.36. The Morgan fingerprint density at radius 3 is 2.67 bits per heavy atom. The van der Waals surface area contributed by atoms with Gasteiger partial charge in [0.25, 0.3) is 5.91 Å². The standard InChI is InChI=1S/C16H18N6O2/c1-22-13(9-2-3-9)20-21-16(22)19-15(24)11-6-7-17-12(8-11)18-14(23)10-4-5-10/h6-10H,2-5H2,1H3,(H,17,18,23)(H,19,21,24). The van der Waals surface area contributed by atoms with Crippen molar-refractivity contribution in [2.75, 3.05) is 10.6 Å². The van der Waals surface area contributed by atoms with Gasteiger partial charge in [-0.3, -0.25) is 19.5 Å². The summed E-state index contributed by atoms with van der Waals surface area (Å²) in [5.41, 5.74) is 0.409. The lowest BCUT2D eigenvalue weighted by molar-refractivity contribution is -0.117. The number of anilines is 2. The first kappa shape index (κ1) is 14.8. The van der Waals surface area contributed by atoms with Crippen molar-refractivity contribution in [3.8, 4) is 0 Å². The number of nitrogens with one attached hydrogen (secondary N) is 2. The minimum atomic E-state index is -0.308. The zero-order valence-electron chi connectivity index (χ0n) is 13.3. The van der Waals surface area contributed by atoms with Gasteiger partial charge in [-0.2, -0.15) is 0 Å². The van der Waals surface area contributed by atoms with Crippen LogP contribution in [0.2, 0.25) is 0 Å². The molecule has 124 valence electrons. The van der Waals surface area contributed by atoms with Crippen LogP contribution in [0, 0.1) is 5.92 Å². The molecule has 0 unspecified atom stereocenters. The first-order valence-electron chi connectivity index (χ1n) is 8.09. The molecule has 0 spiro atoms. The predicted octanol–water partition coefficient (Wildman–Crippen LogP) is 1.69. The molecule has 4 rings (SSSR count). The second-order valence-corrected chi connectivity index (χ2v) is 6.36. The summed E-state index contributed by atoms with van der Waals surface area (Å²) in [7, 11) is 1.84. The third kappa shape index (κ3) is 2.99. The molecular weight excluding hydrogens is 308 g/mol. The van der Waals surface area contributed by atoms with E-state index in [-0.39, 0.29) is 17.7 Å². The lowest BCUT2D eigenvalue weighted by Gasteiger charge is -2.07. The smallest absolute Gasteiger partial charge is 0.258 e. The molecule has 0 radical (unpaired) electrons. The van der Waals surface area contributed by atoms with Gasteiger partial charge in [-0.05, 0) is 37.8 Å². The molecule has 0 saturated heterocycles. The van der Waals surface area contributed by atoms with Crippen LogP contribution in [-0.4, -0.2) is 31.6 Å². The highest BCUT2D eigenvalue weighted by Crippen LogP contribution is 2.39. The minimum absolute atomic E-state index is 0.0394. The number of carbonyl (C=O) groups is 2. The molecule has 2 aliphatic rings. The van der Waals surface area contributed by atoms with Gasteiger partial charge in [0.1, 0.15) is 11.6 Å². The van der Waals surface area contributed by atoms with Crippen LogP contribution >= 0.6 is 0 Å². The highest BCUT2D eigenvalue weighted by atomic mass is 16.2. The molecule has 2 amide bonds. The molecule has 0 aliphatic heterocycles. The monoisotopic (exact) mass is 326 g/mol. The number of hydrogen-bond donors (Lipinski definition) is 2. The molecule has 2 saturated carbocycles. The summed E-state index contributed by atoms with van der Waals surface area (Å²) in [4.78, 5) is 28.3. The molecule has 2 aromatic rings. The highest BCUT2D eigenvalue weighted by Gasteiger charge is 2.30. The summed E-state index contributed by atoms with van der Waals surface area (Å²) < 4.78 is 1.81. The molecule has 2 aromatic heterocycles. The first-order chi connectivity index (χ1) is 11.6. The zero-order valence-corrected chi connectivity index (χ0v) is 13.3. The van der Waals surface area contributed by atoms with Gasteiger partial charge in [0.15, 0.2) is 0 Å². The molecular formula is C16H18N6O2. The number of nitrogens with zero attached hydrogens (tertiary/aromatic N) is 4. The number of pyridine rings is 1. The molecule has 2 fully saturated rings. The van der Waals surface area contributed by atoms with Gasteiger partial charge in [-0.1, -0.05) is 0 Å². The summed E-state index contributed by atoms with van der Waals surface area (Å²) >= 11 is 0. The van der Waals surface area contributed by atoms with E-state index in [9.17, 15) is 9.59 Å². The Hall–Kier alpha value is -2.77. The molecule has 0 atom stereocenters. The average Bonchev–Trinajstić information content (AvgIpc) is 3.47. The minimum Gasteiger partial charge on any atom is -0.310 e. The Balaban J connectivity index is 1.46. The summed E-state index contributed by atoms with van der Waals surface area (Å²) in [5, 5.41) is 13.7. The van der Waals surface area contributed by atoms with Gasteiger partial charge in [-0.25, -0.2) is 4.98 Å². The topological polar surface area (TPSA) is 102 Å². The maximum atomic E-state index is 12.4. The lowest BCUT2D eigenvalue weighted by atomic mass is 10.2. The van der Waals surface area contributed by atoms with Crippen LogP contribution in [0.15, 0.2) is 18.3 Å². The van der Waals surface area contributed by atoms with Crippen LogP contribution in [-0.2, 0) is 11.8 Å². The number of rotatable bonds is 5. The molecule has 24 heavy (non-hydrogen) atoms. The normalized spacial score (nSPS) is 16.7. The number of amides is 2. The summed E-state index contributed by atoms with van der Waals surface area (Å²) in [5.74, 6) is 1.90. The summed E-state index contributed by atoms with van der Waals surface area (Å²) in [6.45, 7) is 0. The van der Waals surface area contributed by atoms with Gasteiger partial charge in [0, 0.05) is 30.6 Å². The Morgan fingerprint density at radius 1 is 1.17 bits per heavy atom. The Morgan fingerprint density at radius 2 is 1.96 bits per heavy atom. The van der Waals surface area contributed by atoms with Crippen LogP contribution in [0.4, 0.5) is 11.8 Å². The molecule has 0 bridgehead atoms. The van der Waals surface area contributed by atoms with Crippen molar-refractivity contribution < 1.29 is 9.59 Å². The Bertz CT molecular complexity index is 807. The number of aromatic nitrogens is 4. The van der Waals surface area contributed by atoms with E-state index in [1.165, 1.54) is 6.20 Å². The largest absolute Gasteiger partial charge is 0.310 e. The molecule has 2 N–H and O–H groups in total. The molecule has 2 heterocycles. The quantitative estimate of drug-likeness (QED) is 0.870.